The molecule has 0 spiro atoms. The molecule has 1 saturated carbocycles. The van der Waals surface area contributed by atoms with Crippen LogP contribution in [0.25, 0.3) is 0 Å². The maximum atomic E-state index is 13.1. The van der Waals surface area contributed by atoms with Crippen LogP contribution >= 0.6 is 0 Å². The third-order valence-corrected chi connectivity index (χ3v) is 5.74. The number of rotatable bonds is 6. The van der Waals surface area contributed by atoms with E-state index in [1.54, 1.807) is 0 Å². The zero-order valence-electron chi connectivity index (χ0n) is 15.1. The van der Waals surface area contributed by atoms with E-state index in [-0.39, 0.29) is 36.1 Å². The summed E-state index contributed by atoms with van der Waals surface area (Å²) in [6.07, 6.45) is 5.65. The summed E-state index contributed by atoms with van der Waals surface area (Å²) in [5.41, 5.74) is 6.36. The minimum absolute atomic E-state index is 0.0196. The van der Waals surface area contributed by atoms with Crippen molar-refractivity contribution < 1.29 is 14.0 Å². The summed E-state index contributed by atoms with van der Waals surface area (Å²) in [6.45, 7) is 1.76. The Kier molecular flexibility index (Phi) is 6.25. The summed E-state index contributed by atoms with van der Waals surface area (Å²) >= 11 is 0. The summed E-state index contributed by atoms with van der Waals surface area (Å²) in [5, 5.41) is 3.26. The number of primary amides is 1. The predicted octanol–water partition coefficient (Wildman–Crippen LogP) is 1.85. The van der Waals surface area contributed by atoms with Crippen LogP contribution < -0.4 is 11.1 Å². The first-order chi connectivity index (χ1) is 12.5. The van der Waals surface area contributed by atoms with Crippen molar-refractivity contribution in [2.45, 2.75) is 44.6 Å². The fourth-order valence-corrected chi connectivity index (χ4v) is 4.27. The number of nitrogens with one attached hydrogen (secondary N) is 1. The van der Waals surface area contributed by atoms with Crippen LogP contribution in [0, 0.1) is 17.7 Å². The van der Waals surface area contributed by atoms with E-state index in [9.17, 15) is 14.0 Å². The summed E-state index contributed by atoms with van der Waals surface area (Å²) < 4.78 is 13.1. The number of hydrogen-bond acceptors (Lipinski definition) is 3. The fraction of sp³-hybridized carbons (Fsp3) is 0.600. The first-order valence-corrected chi connectivity index (χ1v) is 9.56. The molecule has 0 bridgehead atoms. The summed E-state index contributed by atoms with van der Waals surface area (Å²) in [6, 6.07) is 6.87. The highest BCUT2D eigenvalue weighted by molar-refractivity contribution is 5.79. The highest BCUT2D eigenvalue weighted by Gasteiger charge is 2.32. The average molecular weight is 361 g/mol. The minimum Gasteiger partial charge on any atom is -0.369 e. The van der Waals surface area contributed by atoms with E-state index in [1.165, 1.54) is 12.1 Å². The molecule has 1 aromatic rings. The maximum Gasteiger partial charge on any atom is 0.231 e. The Morgan fingerprint density at radius 3 is 2.46 bits per heavy atom. The molecule has 3 rings (SSSR count). The topological polar surface area (TPSA) is 75.4 Å². The molecule has 1 heterocycles. The highest BCUT2D eigenvalue weighted by Crippen LogP contribution is 2.30. The smallest absolute Gasteiger partial charge is 0.231 e. The molecule has 1 aliphatic carbocycles. The van der Waals surface area contributed by atoms with E-state index in [0.717, 1.165) is 57.2 Å². The number of piperidine rings is 1. The number of amides is 2. The van der Waals surface area contributed by atoms with E-state index in [2.05, 4.69) is 5.32 Å². The standard InChI is InChI=1S/C20H28FN3O2/c21-17-6-4-14(5-7-17)12-16-2-1-3-18(16)23-20(26)15-8-10-24(11-9-15)13-19(22)25/h4-7,15-16,18H,1-3,8-13H2,(H2,22,25)(H,23,26)/t16-,18-/m0/s1. The zero-order valence-corrected chi connectivity index (χ0v) is 15.1. The summed E-state index contributed by atoms with van der Waals surface area (Å²) in [4.78, 5) is 25.7. The predicted molar refractivity (Wildman–Crippen MR) is 97.7 cm³/mol. The second kappa shape index (κ2) is 8.62. The second-order valence-electron chi connectivity index (χ2n) is 7.65. The van der Waals surface area contributed by atoms with Gasteiger partial charge in [-0.15, -0.1) is 0 Å². The van der Waals surface area contributed by atoms with Gasteiger partial charge in [0.2, 0.25) is 11.8 Å². The number of halogens is 1. The lowest BCUT2D eigenvalue weighted by Crippen LogP contribution is -2.46. The molecule has 0 radical (unpaired) electrons. The quantitative estimate of drug-likeness (QED) is 0.812. The lowest BCUT2D eigenvalue weighted by atomic mass is 9.92. The Morgan fingerprint density at radius 2 is 1.81 bits per heavy atom. The van der Waals surface area contributed by atoms with Crippen LogP contribution in [-0.4, -0.2) is 42.4 Å². The van der Waals surface area contributed by atoms with Crippen LogP contribution in [0.15, 0.2) is 24.3 Å². The van der Waals surface area contributed by atoms with Crippen molar-refractivity contribution in [1.29, 1.82) is 0 Å². The normalized spacial score (nSPS) is 24.5. The molecule has 5 nitrogen and oxygen atoms in total. The molecule has 1 aliphatic heterocycles. The summed E-state index contributed by atoms with van der Waals surface area (Å²) in [7, 11) is 0. The molecule has 2 fully saturated rings. The molecule has 2 amide bonds. The van der Waals surface area contributed by atoms with Crippen LogP contribution in [0.5, 0.6) is 0 Å². The minimum atomic E-state index is -0.317. The largest absolute Gasteiger partial charge is 0.369 e. The van der Waals surface area contributed by atoms with Crippen molar-refractivity contribution >= 4 is 11.8 Å². The van der Waals surface area contributed by atoms with Gasteiger partial charge in [-0.1, -0.05) is 18.6 Å². The van der Waals surface area contributed by atoms with Crippen LogP contribution in [0.2, 0.25) is 0 Å². The molecular formula is C20H28FN3O2. The van der Waals surface area contributed by atoms with Crippen LogP contribution in [0.1, 0.15) is 37.7 Å². The van der Waals surface area contributed by atoms with Gasteiger partial charge in [0.15, 0.2) is 0 Å². The van der Waals surface area contributed by atoms with E-state index < -0.39 is 0 Å². The van der Waals surface area contributed by atoms with Crippen LogP contribution in [-0.2, 0) is 16.0 Å². The van der Waals surface area contributed by atoms with E-state index >= 15 is 0 Å². The SMILES string of the molecule is NC(=O)CN1CCC(C(=O)N[C@H]2CCC[C@H]2Cc2ccc(F)cc2)CC1. The van der Waals surface area contributed by atoms with Gasteiger partial charge in [-0.25, -0.2) is 4.39 Å². The lowest BCUT2D eigenvalue weighted by Gasteiger charge is -2.31. The van der Waals surface area contributed by atoms with Gasteiger partial charge in [0.25, 0.3) is 0 Å². The van der Waals surface area contributed by atoms with E-state index in [0.29, 0.717) is 5.92 Å². The van der Waals surface area contributed by atoms with Gasteiger partial charge in [-0.2, -0.15) is 0 Å². The number of carbonyl (C=O) groups is 2. The number of nitrogens with zero attached hydrogens (tertiary/aromatic N) is 1. The molecule has 1 aromatic carbocycles. The molecule has 6 heteroatoms. The molecular weight excluding hydrogens is 333 g/mol. The third kappa shape index (κ3) is 5.04. The Balaban J connectivity index is 1.49. The highest BCUT2D eigenvalue weighted by atomic mass is 19.1. The fourth-order valence-electron chi connectivity index (χ4n) is 4.27. The number of carbonyl (C=O) groups excluding carboxylic acids is 2. The van der Waals surface area contributed by atoms with Crippen molar-refractivity contribution in [3.63, 3.8) is 0 Å². The molecule has 2 atom stereocenters. The van der Waals surface area contributed by atoms with Crippen LogP contribution in [0.3, 0.4) is 0 Å². The van der Waals surface area contributed by atoms with Gasteiger partial charge in [-0.3, -0.25) is 14.5 Å². The Hall–Kier alpha value is -1.95. The van der Waals surface area contributed by atoms with E-state index in [4.69, 9.17) is 5.73 Å². The van der Waals surface area contributed by atoms with Crippen molar-refractivity contribution in [1.82, 2.24) is 10.2 Å². The third-order valence-electron chi connectivity index (χ3n) is 5.74. The maximum absolute atomic E-state index is 13.1. The van der Waals surface area contributed by atoms with Gasteiger partial charge in [-0.05, 0) is 68.8 Å². The van der Waals surface area contributed by atoms with Gasteiger partial charge in [0.05, 0.1) is 6.54 Å². The number of benzene rings is 1. The van der Waals surface area contributed by atoms with Crippen molar-refractivity contribution in [2.75, 3.05) is 19.6 Å². The van der Waals surface area contributed by atoms with Gasteiger partial charge < -0.3 is 11.1 Å². The van der Waals surface area contributed by atoms with Crippen molar-refractivity contribution in [3.05, 3.63) is 35.6 Å². The molecule has 142 valence electrons. The molecule has 2 aliphatic rings. The van der Waals surface area contributed by atoms with Gasteiger partial charge in [0, 0.05) is 12.0 Å². The molecule has 3 N–H and O–H groups in total. The Bertz CT molecular complexity index is 626. The summed E-state index contributed by atoms with van der Waals surface area (Å²) in [5.74, 6) is 0.0421. The Labute approximate surface area is 154 Å². The van der Waals surface area contributed by atoms with Gasteiger partial charge >= 0.3 is 0 Å². The lowest BCUT2D eigenvalue weighted by molar-refractivity contribution is -0.127. The first kappa shape index (κ1) is 18.8. The number of likely N-dealkylation sites (tertiary alicyclic amines) is 1. The first-order valence-electron chi connectivity index (χ1n) is 9.56. The molecule has 26 heavy (non-hydrogen) atoms. The van der Waals surface area contributed by atoms with Crippen LogP contribution in [0.4, 0.5) is 4.39 Å². The van der Waals surface area contributed by atoms with Gasteiger partial charge in [0.1, 0.15) is 5.82 Å². The molecule has 0 aromatic heterocycles. The molecule has 0 unspecified atom stereocenters. The van der Waals surface area contributed by atoms with Crippen molar-refractivity contribution in [2.24, 2.45) is 17.6 Å². The second-order valence-corrected chi connectivity index (χ2v) is 7.65. The number of nitrogens with two attached hydrogens (primary N) is 1. The average Bonchev–Trinajstić information content (AvgIpc) is 3.04. The zero-order chi connectivity index (χ0) is 18.5. The monoisotopic (exact) mass is 361 g/mol. The van der Waals surface area contributed by atoms with E-state index in [1.807, 2.05) is 17.0 Å². The molecule has 1 saturated heterocycles. The Morgan fingerprint density at radius 1 is 1.12 bits per heavy atom. The number of hydrogen-bond donors (Lipinski definition) is 2. The van der Waals surface area contributed by atoms with Crippen molar-refractivity contribution in [3.8, 4) is 0 Å².